The number of fused-ring (bicyclic) bond motifs is 3. The van der Waals surface area contributed by atoms with E-state index in [-0.39, 0.29) is 47.1 Å². The fraction of sp³-hybridized carbons (Fsp3) is 0.786. The van der Waals surface area contributed by atoms with E-state index in [1.54, 1.807) is 7.05 Å². The molecule has 1 saturated carbocycles. The van der Waals surface area contributed by atoms with Gasteiger partial charge in [-0.1, -0.05) is 13.8 Å². The van der Waals surface area contributed by atoms with E-state index in [1.807, 2.05) is 0 Å². The number of carbonyl (C=O) groups is 3. The number of hydrogen-bond acceptors (Lipinski definition) is 4. The van der Waals surface area contributed by atoms with Crippen LogP contribution in [0.4, 0.5) is 4.79 Å². The van der Waals surface area contributed by atoms with Gasteiger partial charge in [-0.25, -0.2) is 4.79 Å². The highest BCUT2D eigenvalue weighted by Crippen LogP contribution is 2.46. The smallest absolute Gasteiger partial charge is 0.311 e. The predicted octanol–water partition coefficient (Wildman–Crippen LogP) is 0.335. The highest BCUT2D eigenvalue weighted by atomic mass is 16.2. The van der Waals surface area contributed by atoms with Crippen molar-refractivity contribution in [1.82, 2.24) is 15.5 Å². The molecule has 0 bridgehead atoms. The number of nitrogens with zero attached hydrogens (tertiary/aromatic N) is 1. The van der Waals surface area contributed by atoms with Crippen molar-refractivity contribution in [3.05, 3.63) is 0 Å². The van der Waals surface area contributed by atoms with Crippen LogP contribution in [-0.2, 0) is 9.59 Å². The third kappa shape index (κ3) is 1.93. The van der Waals surface area contributed by atoms with Crippen LogP contribution in [0.15, 0.2) is 0 Å². The first kappa shape index (κ1) is 13.5. The lowest BCUT2D eigenvalue weighted by Gasteiger charge is -2.52. The third-order valence-corrected chi connectivity index (χ3v) is 4.99. The summed E-state index contributed by atoms with van der Waals surface area (Å²) in [5.41, 5.74) is -0.0690. The molecule has 2 heterocycles. The molecule has 2 N–H and O–H groups in total. The zero-order valence-electron chi connectivity index (χ0n) is 12.1. The van der Waals surface area contributed by atoms with Crippen molar-refractivity contribution in [2.24, 2.45) is 23.2 Å². The third-order valence-electron chi connectivity index (χ3n) is 4.99. The number of piperidine rings is 1. The van der Waals surface area contributed by atoms with Crippen LogP contribution in [0.3, 0.4) is 0 Å². The monoisotopic (exact) mass is 279 g/mol. The van der Waals surface area contributed by atoms with Gasteiger partial charge in [0.15, 0.2) is 0 Å². The van der Waals surface area contributed by atoms with Crippen molar-refractivity contribution >= 4 is 17.7 Å². The average Bonchev–Trinajstić information content (AvgIpc) is 2.33. The zero-order valence-corrected chi connectivity index (χ0v) is 12.1. The summed E-state index contributed by atoms with van der Waals surface area (Å²) in [6.45, 7) is 4.72. The average molecular weight is 279 g/mol. The molecular weight excluding hydrogens is 258 g/mol. The quantitative estimate of drug-likeness (QED) is 0.670. The first-order chi connectivity index (χ1) is 9.30. The van der Waals surface area contributed by atoms with E-state index in [1.165, 1.54) is 4.90 Å². The first-order valence-corrected chi connectivity index (χ1v) is 7.14. The molecule has 3 fully saturated rings. The Bertz CT molecular complexity index is 488. The second-order valence-corrected chi connectivity index (χ2v) is 7.07. The summed E-state index contributed by atoms with van der Waals surface area (Å²) in [5, 5.41) is 5.61. The molecule has 3 amide bonds. The number of urea groups is 1. The number of carbonyl (C=O) groups excluding carboxylic acids is 3. The Labute approximate surface area is 118 Å². The van der Waals surface area contributed by atoms with Gasteiger partial charge >= 0.3 is 6.03 Å². The van der Waals surface area contributed by atoms with Crippen LogP contribution in [-0.4, -0.2) is 42.4 Å². The van der Waals surface area contributed by atoms with E-state index >= 15 is 0 Å². The second kappa shape index (κ2) is 4.28. The van der Waals surface area contributed by atoms with Gasteiger partial charge in [-0.3, -0.25) is 20.2 Å². The Kier molecular flexibility index (Phi) is 2.90. The van der Waals surface area contributed by atoms with Gasteiger partial charge in [-0.2, -0.15) is 0 Å². The Balaban J connectivity index is 1.94. The van der Waals surface area contributed by atoms with E-state index < -0.39 is 0 Å². The Morgan fingerprint density at radius 2 is 1.95 bits per heavy atom. The zero-order chi connectivity index (χ0) is 14.7. The number of nitrogens with one attached hydrogen (secondary N) is 2. The Morgan fingerprint density at radius 3 is 2.65 bits per heavy atom. The predicted molar refractivity (Wildman–Crippen MR) is 71.6 cm³/mol. The van der Waals surface area contributed by atoms with Gasteiger partial charge in [0.05, 0.1) is 12.1 Å². The number of rotatable bonds is 0. The molecular formula is C14H21N3O3. The summed E-state index contributed by atoms with van der Waals surface area (Å²) >= 11 is 0. The van der Waals surface area contributed by atoms with Crippen LogP contribution in [0.1, 0.15) is 26.7 Å². The van der Waals surface area contributed by atoms with Gasteiger partial charge in [0, 0.05) is 25.9 Å². The molecule has 2 saturated heterocycles. The first-order valence-electron chi connectivity index (χ1n) is 7.14. The Morgan fingerprint density at radius 1 is 1.25 bits per heavy atom. The van der Waals surface area contributed by atoms with Crippen molar-refractivity contribution in [3.63, 3.8) is 0 Å². The van der Waals surface area contributed by atoms with E-state index in [4.69, 9.17) is 0 Å². The van der Waals surface area contributed by atoms with Gasteiger partial charge in [0.1, 0.15) is 5.78 Å². The van der Waals surface area contributed by atoms with E-state index in [0.29, 0.717) is 13.0 Å². The maximum atomic E-state index is 12.3. The van der Waals surface area contributed by atoms with E-state index in [2.05, 4.69) is 24.5 Å². The molecule has 4 atom stereocenters. The molecule has 0 radical (unpaired) electrons. The highest BCUT2D eigenvalue weighted by molar-refractivity contribution is 5.99. The number of Topliss-reactive ketones (excluding diaryl/α,β-unsaturated/α-hetero) is 1. The molecule has 0 spiro atoms. The SMILES string of the molecule is CN1C(=O)NC(=O)C2C3CC(C)(C)CC(=O)C3CNC21. The largest absolute Gasteiger partial charge is 0.325 e. The lowest BCUT2D eigenvalue weighted by Crippen LogP contribution is -2.70. The molecule has 0 aromatic carbocycles. The maximum absolute atomic E-state index is 12.3. The lowest BCUT2D eigenvalue weighted by molar-refractivity contribution is -0.144. The fourth-order valence-electron chi connectivity index (χ4n) is 4.06. The molecule has 0 aromatic rings. The molecule has 20 heavy (non-hydrogen) atoms. The van der Waals surface area contributed by atoms with Crippen molar-refractivity contribution in [1.29, 1.82) is 0 Å². The lowest BCUT2D eigenvalue weighted by atomic mass is 9.60. The van der Waals surface area contributed by atoms with Gasteiger partial charge in [0.2, 0.25) is 5.91 Å². The summed E-state index contributed by atoms with van der Waals surface area (Å²) in [6, 6.07) is -0.372. The minimum absolute atomic E-state index is 0.0213. The molecule has 2 aliphatic heterocycles. The van der Waals surface area contributed by atoms with E-state index in [0.717, 1.165) is 6.42 Å². The van der Waals surface area contributed by atoms with Crippen molar-refractivity contribution in [3.8, 4) is 0 Å². The van der Waals surface area contributed by atoms with Crippen LogP contribution in [0.2, 0.25) is 0 Å². The van der Waals surface area contributed by atoms with Crippen LogP contribution in [0, 0.1) is 23.2 Å². The molecule has 110 valence electrons. The minimum Gasteiger partial charge on any atom is -0.311 e. The van der Waals surface area contributed by atoms with E-state index in [9.17, 15) is 14.4 Å². The molecule has 3 rings (SSSR count). The molecule has 6 nitrogen and oxygen atoms in total. The summed E-state index contributed by atoms with van der Waals surface area (Å²) in [4.78, 5) is 37.8. The van der Waals surface area contributed by atoms with Gasteiger partial charge in [0.25, 0.3) is 0 Å². The Hall–Kier alpha value is -1.43. The van der Waals surface area contributed by atoms with Crippen molar-refractivity contribution < 1.29 is 14.4 Å². The van der Waals surface area contributed by atoms with Crippen LogP contribution < -0.4 is 10.6 Å². The molecule has 1 aliphatic carbocycles. The van der Waals surface area contributed by atoms with Crippen LogP contribution in [0.5, 0.6) is 0 Å². The normalized spacial score (nSPS) is 40.0. The summed E-state index contributed by atoms with van der Waals surface area (Å²) in [5.74, 6) is -0.417. The van der Waals surface area contributed by atoms with Crippen molar-refractivity contribution in [2.45, 2.75) is 32.9 Å². The number of hydrogen-bond donors (Lipinski definition) is 2. The summed E-state index contributed by atoms with van der Waals surface area (Å²) in [7, 11) is 1.68. The number of amides is 3. The number of imide groups is 1. The minimum atomic E-state index is -0.372. The molecule has 4 unspecified atom stereocenters. The summed E-state index contributed by atoms with van der Waals surface area (Å²) < 4.78 is 0. The van der Waals surface area contributed by atoms with Gasteiger partial charge in [-0.15, -0.1) is 0 Å². The molecule has 0 aromatic heterocycles. The fourth-order valence-corrected chi connectivity index (χ4v) is 4.06. The molecule has 3 aliphatic rings. The standard InChI is InChI=1S/C14H21N3O3/c1-14(2)4-7-8(9(18)5-14)6-15-11-10(7)12(19)16-13(20)17(11)3/h7-8,10-11,15H,4-6H2,1-3H3,(H,16,19,20). The topological polar surface area (TPSA) is 78.5 Å². The van der Waals surface area contributed by atoms with Gasteiger partial charge < -0.3 is 4.90 Å². The maximum Gasteiger partial charge on any atom is 0.325 e. The van der Waals surface area contributed by atoms with Crippen molar-refractivity contribution in [2.75, 3.05) is 13.6 Å². The van der Waals surface area contributed by atoms with Crippen LogP contribution >= 0.6 is 0 Å². The van der Waals surface area contributed by atoms with Crippen LogP contribution in [0.25, 0.3) is 0 Å². The molecule has 6 heteroatoms. The number of ketones is 1. The second-order valence-electron chi connectivity index (χ2n) is 7.07. The summed E-state index contributed by atoms with van der Waals surface area (Å²) in [6.07, 6.45) is 1.13. The highest BCUT2D eigenvalue weighted by Gasteiger charge is 2.54. The van der Waals surface area contributed by atoms with Gasteiger partial charge in [-0.05, 0) is 17.8 Å².